The lowest BCUT2D eigenvalue weighted by Gasteiger charge is -2.09. The molecule has 4 N–H and O–H groups in total. The molecule has 1 aromatic carbocycles. The van der Waals surface area contributed by atoms with Crippen LogP contribution in [0.4, 0.5) is 0 Å². The van der Waals surface area contributed by atoms with E-state index in [1.807, 2.05) is 0 Å². The molecule has 1 aromatic rings. The van der Waals surface area contributed by atoms with Gasteiger partial charge in [0.25, 0.3) is 0 Å². The predicted octanol–water partition coefficient (Wildman–Crippen LogP) is -0.278. The summed E-state index contributed by atoms with van der Waals surface area (Å²) in [6.45, 7) is 0. The molecule has 0 fully saturated rings. The highest BCUT2D eigenvalue weighted by Crippen LogP contribution is 2.16. The highest BCUT2D eigenvalue weighted by atomic mass is 16.2. The quantitative estimate of drug-likeness (QED) is 0.521. The molecular weight excluding hydrogens is 192 g/mol. The van der Waals surface area contributed by atoms with Gasteiger partial charge in [0.15, 0.2) is 0 Å². The van der Waals surface area contributed by atoms with E-state index in [4.69, 9.17) is 17.9 Å². The molecule has 76 valence electrons. The van der Waals surface area contributed by atoms with Crippen LogP contribution in [0.3, 0.4) is 0 Å². The first-order valence-electron chi connectivity index (χ1n) is 4.21. The lowest BCUT2D eigenvalue weighted by atomic mass is 9.96. The van der Waals surface area contributed by atoms with Gasteiger partial charge in [0, 0.05) is 5.56 Å². The maximum Gasteiger partial charge on any atom is 0.234 e. The molecule has 0 saturated heterocycles. The number of carbonyl (C=O) groups is 2. The van der Waals surface area contributed by atoms with Crippen LogP contribution in [-0.4, -0.2) is 11.8 Å². The highest BCUT2D eigenvalue weighted by Gasteiger charge is 2.23. The average molecular weight is 202 g/mol. The molecule has 0 unspecified atom stereocenters. The predicted molar refractivity (Wildman–Crippen MR) is 55.5 cm³/mol. The van der Waals surface area contributed by atoms with Gasteiger partial charge in [-0.05, 0) is 17.7 Å². The maximum atomic E-state index is 11.0. The van der Waals surface area contributed by atoms with Gasteiger partial charge in [0.05, 0.1) is 0 Å². The summed E-state index contributed by atoms with van der Waals surface area (Å²) in [6.07, 6.45) is 5.19. The number of terminal acetylenes is 1. The van der Waals surface area contributed by atoms with Crippen molar-refractivity contribution in [1.29, 1.82) is 0 Å². The van der Waals surface area contributed by atoms with E-state index < -0.39 is 17.7 Å². The molecule has 4 nitrogen and oxygen atoms in total. The Morgan fingerprint density at radius 2 is 1.87 bits per heavy atom. The molecule has 0 atom stereocenters. The molecule has 0 aliphatic rings. The van der Waals surface area contributed by atoms with Crippen molar-refractivity contribution in [3.05, 3.63) is 35.4 Å². The largest absolute Gasteiger partial charge is 0.369 e. The van der Waals surface area contributed by atoms with Crippen LogP contribution in [0.15, 0.2) is 24.3 Å². The van der Waals surface area contributed by atoms with E-state index in [1.165, 1.54) is 0 Å². The minimum atomic E-state index is -1.13. The third kappa shape index (κ3) is 2.35. The summed E-state index contributed by atoms with van der Waals surface area (Å²) in [5.74, 6) is -0.292. The maximum absolute atomic E-state index is 11.0. The molecule has 4 heteroatoms. The van der Waals surface area contributed by atoms with Gasteiger partial charge in [-0.25, -0.2) is 0 Å². The van der Waals surface area contributed by atoms with Crippen LogP contribution in [0.2, 0.25) is 0 Å². The Labute approximate surface area is 87.3 Å². The van der Waals surface area contributed by atoms with E-state index in [0.717, 1.165) is 0 Å². The number of hydrogen-bond acceptors (Lipinski definition) is 2. The molecule has 0 aliphatic carbocycles. The molecule has 15 heavy (non-hydrogen) atoms. The van der Waals surface area contributed by atoms with E-state index >= 15 is 0 Å². The minimum Gasteiger partial charge on any atom is -0.369 e. The number of amides is 2. The van der Waals surface area contributed by atoms with Gasteiger partial charge in [0.2, 0.25) is 11.8 Å². The third-order valence-corrected chi connectivity index (χ3v) is 1.96. The van der Waals surface area contributed by atoms with Crippen LogP contribution in [0.5, 0.6) is 0 Å². The Hall–Kier alpha value is -2.28. The molecule has 0 saturated carbocycles. The normalized spacial score (nSPS) is 9.60. The number of hydrogen-bond donors (Lipinski definition) is 2. The third-order valence-electron chi connectivity index (χ3n) is 1.96. The van der Waals surface area contributed by atoms with Crippen LogP contribution >= 0.6 is 0 Å². The summed E-state index contributed by atoms with van der Waals surface area (Å²) >= 11 is 0. The molecule has 0 aromatic heterocycles. The van der Waals surface area contributed by atoms with Gasteiger partial charge < -0.3 is 11.5 Å². The van der Waals surface area contributed by atoms with Gasteiger partial charge in [-0.15, -0.1) is 6.42 Å². The molecule has 2 amide bonds. The second kappa shape index (κ2) is 4.29. The number of nitrogens with two attached hydrogens (primary N) is 2. The lowest BCUT2D eigenvalue weighted by molar-refractivity contribution is -0.128. The number of rotatable bonds is 3. The smallest absolute Gasteiger partial charge is 0.234 e. The fraction of sp³-hybridized carbons (Fsp3) is 0.0909. The molecule has 0 radical (unpaired) electrons. The zero-order valence-corrected chi connectivity index (χ0v) is 7.94. The Bertz CT molecular complexity index is 432. The topological polar surface area (TPSA) is 86.2 Å². The zero-order chi connectivity index (χ0) is 11.4. The average Bonchev–Trinajstić information content (AvgIpc) is 2.17. The number of benzene rings is 1. The van der Waals surface area contributed by atoms with Crippen LogP contribution < -0.4 is 11.5 Å². The first-order chi connectivity index (χ1) is 7.06. The number of carbonyl (C=O) groups excluding carboxylic acids is 2. The Morgan fingerprint density at radius 1 is 1.27 bits per heavy atom. The fourth-order valence-corrected chi connectivity index (χ4v) is 1.28. The van der Waals surface area contributed by atoms with Crippen molar-refractivity contribution in [2.24, 2.45) is 11.5 Å². The van der Waals surface area contributed by atoms with Crippen LogP contribution in [-0.2, 0) is 9.59 Å². The second-order valence-corrected chi connectivity index (χ2v) is 3.01. The Morgan fingerprint density at radius 3 is 2.33 bits per heavy atom. The summed E-state index contributed by atoms with van der Waals surface area (Å²) in [6, 6.07) is 6.45. The summed E-state index contributed by atoms with van der Waals surface area (Å²) in [4.78, 5) is 22.0. The van der Waals surface area contributed by atoms with Crippen molar-refractivity contribution in [2.75, 3.05) is 0 Å². The molecule has 1 rings (SSSR count). The van der Waals surface area contributed by atoms with Crippen molar-refractivity contribution in [2.45, 2.75) is 5.92 Å². The molecule has 0 heterocycles. The molecule has 0 spiro atoms. The van der Waals surface area contributed by atoms with E-state index in [2.05, 4.69) is 5.92 Å². The van der Waals surface area contributed by atoms with Gasteiger partial charge in [-0.1, -0.05) is 18.1 Å². The first-order valence-corrected chi connectivity index (χ1v) is 4.21. The summed E-state index contributed by atoms with van der Waals surface area (Å²) in [5.41, 5.74) is 11.1. The SMILES string of the molecule is C#Cc1cccc(C(C(N)=O)C(N)=O)c1. The van der Waals surface area contributed by atoms with E-state index in [9.17, 15) is 9.59 Å². The van der Waals surface area contributed by atoms with Gasteiger partial charge in [-0.3, -0.25) is 9.59 Å². The van der Waals surface area contributed by atoms with Crippen molar-refractivity contribution in [1.82, 2.24) is 0 Å². The monoisotopic (exact) mass is 202 g/mol. The van der Waals surface area contributed by atoms with E-state index in [0.29, 0.717) is 11.1 Å². The van der Waals surface area contributed by atoms with Gasteiger partial charge >= 0.3 is 0 Å². The summed E-state index contributed by atoms with van der Waals surface area (Å²) < 4.78 is 0. The van der Waals surface area contributed by atoms with Crippen LogP contribution in [0.1, 0.15) is 17.0 Å². The summed E-state index contributed by atoms with van der Waals surface area (Å²) in [7, 11) is 0. The lowest BCUT2D eigenvalue weighted by Crippen LogP contribution is -2.33. The fourth-order valence-electron chi connectivity index (χ4n) is 1.28. The molecular formula is C11H10N2O2. The molecule has 0 aliphatic heterocycles. The first kappa shape index (κ1) is 10.8. The number of primary amides is 2. The van der Waals surface area contributed by atoms with Crippen molar-refractivity contribution in [3.8, 4) is 12.3 Å². The van der Waals surface area contributed by atoms with Crippen molar-refractivity contribution >= 4 is 11.8 Å². The van der Waals surface area contributed by atoms with E-state index in [-0.39, 0.29) is 0 Å². The van der Waals surface area contributed by atoms with Crippen molar-refractivity contribution < 1.29 is 9.59 Å². The van der Waals surface area contributed by atoms with Gasteiger partial charge in [-0.2, -0.15) is 0 Å². The van der Waals surface area contributed by atoms with Crippen molar-refractivity contribution in [3.63, 3.8) is 0 Å². The standard InChI is InChI=1S/C11H10N2O2/c1-2-7-4-3-5-8(6-7)9(10(12)14)11(13)15/h1,3-6,9H,(H2,12,14)(H2,13,15). The Kier molecular flexibility index (Phi) is 3.09. The Balaban J connectivity index is 3.18. The molecule has 0 bridgehead atoms. The zero-order valence-electron chi connectivity index (χ0n) is 7.94. The van der Waals surface area contributed by atoms with Gasteiger partial charge in [0.1, 0.15) is 5.92 Å². The minimum absolute atomic E-state index is 0.422. The highest BCUT2D eigenvalue weighted by molar-refractivity contribution is 6.04. The van der Waals surface area contributed by atoms with Crippen LogP contribution in [0, 0.1) is 12.3 Å². The summed E-state index contributed by atoms with van der Waals surface area (Å²) in [5, 5.41) is 0. The van der Waals surface area contributed by atoms with Crippen LogP contribution in [0.25, 0.3) is 0 Å². The second-order valence-electron chi connectivity index (χ2n) is 3.01. The van der Waals surface area contributed by atoms with E-state index in [1.54, 1.807) is 24.3 Å².